The molecule has 7 heteroatoms. The van der Waals surface area contributed by atoms with Crippen LogP contribution in [0.5, 0.6) is 0 Å². The summed E-state index contributed by atoms with van der Waals surface area (Å²) in [5.74, 6) is 1.63. The van der Waals surface area contributed by atoms with Gasteiger partial charge >= 0.3 is 0 Å². The Morgan fingerprint density at radius 2 is 2.16 bits per heavy atom. The van der Waals surface area contributed by atoms with Gasteiger partial charge in [0.05, 0.1) is 6.54 Å². The van der Waals surface area contributed by atoms with Crippen LogP contribution in [0.3, 0.4) is 0 Å². The third kappa shape index (κ3) is 5.51. The molecule has 1 atom stereocenters. The molecule has 7 nitrogen and oxygen atoms in total. The monoisotopic (exact) mass is 349 g/mol. The van der Waals surface area contributed by atoms with Crippen LogP contribution >= 0.6 is 0 Å². The summed E-state index contributed by atoms with van der Waals surface area (Å²) in [6.45, 7) is 8.14. The minimum Gasteiger partial charge on any atom is -0.355 e. The van der Waals surface area contributed by atoms with Crippen molar-refractivity contribution in [2.45, 2.75) is 58.0 Å². The van der Waals surface area contributed by atoms with Crippen molar-refractivity contribution in [3.05, 3.63) is 12.2 Å². The average Bonchev–Trinajstić information content (AvgIpc) is 3.30. The van der Waals surface area contributed by atoms with Crippen LogP contribution in [0, 0.1) is 5.92 Å². The van der Waals surface area contributed by atoms with Gasteiger partial charge in [0.25, 0.3) is 0 Å². The largest absolute Gasteiger partial charge is 0.355 e. The first-order valence-electron chi connectivity index (χ1n) is 9.73. The van der Waals surface area contributed by atoms with Gasteiger partial charge in [0.1, 0.15) is 0 Å². The van der Waals surface area contributed by atoms with Crippen molar-refractivity contribution < 1.29 is 9.32 Å². The van der Waals surface area contributed by atoms with E-state index in [1.165, 1.54) is 25.8 Å². The zero-order chi connectivity index (χ0) is 17.5. The number of carbonyl (C=O) groups excluding carboxylic acids is 1. The summed E-state index contributed by atoms with van der Waals surface area (Å²) in [4.78, 5) is 21.1. The Morgan fingerprint density at radius 3 is 2.88 bits per heavy atom. The maximum absolute atomic E-state index is 12.1. The van der Waals surface area contributed by atoms with Crippen LogP contribution in [0.1, 0.15) is 51.3 Å². The molecule has 1 aromatic rings. The van der Waals surface area contributed by atoms with Gasteiger partial charge in [-0.3, -0.25) is 14.6 Å². The molecule has 0 aromatic carbocycles. The molecule has 0 unspecified atom stereocenters. The van der Waals surface area contributed by atoms with Crippen molar-refractivity contribution in [2.24, 2.45) is 5.92 Å². The number of aromatic nitrogens is 2. The Morgan fingerprint density at radius 1 is 1.32 bits per heavy atom. The van der Waals surface area contributed by atoms with Crippen molar-refractivity contribution in [3.63, 3.8) is 0 Å². The van der Waals surface area contributed by atoms with Gasteiger partial charge in [0, 0.05) is 19.0 Å². The molecule has 25 heavy (non-hydrogen) atoms. The van der Waals surface area contributed by atoms with Crippen molar-refractivity contribution in [3.8, 4) is 0 Å². The van der Waals surface area contributed by atoms with Crippen LogP contribution in [0.15, 0.2) is 10.9 Å². The normalized spacial score (nSPS) is 23.2. The lowest BCUT2D eigenvalue weighted by Crippen LogP contribution is -2.40. The highest BCUT2D eigenvalue weighted by molar-refractivity contribution is 5.75. The average molecular weight is 349 g/mol. The molecule has 0 saturated carbocycles. The highest BCUT2D eigenvalue weighted by atomic mass is 16.5. The molecule has 2 saturated heterocycles. The van der Waals surface area contributed by atoms with Gasteiger partial charge in [-0.2, -0.15) is 4.98 Å². The maximum Gasteiger partial charge on any atom is 0.220 e. The maximum atomic E-state index is 12.1. The van der Waals surface area contributed by atoms with E-state index in [1.54, 1.807) is 0 Å². The number of hydrogen-bond acceptors (Lipinski definition) is 6. The first-order chi connectivity index (χ1) is 12.2. The molecule has 2 aliphatic rings. The Kier molecular flexibility index (Phi) is 6.81. The SMILES string of the molecule is CCN1CCC[C@H]1CNC(=O)CCC1CCN(Cc2ncon2)CC1. The molecular formula is C18H31N5O2. The van der Waals surface area contributed by atoms with Gasteiger partial charge in [-0.05, 0) is 64.2 Å². The Balaban J connectivity index is 1.28. The summed E-state index contributed by atoms with van der Waals surface area (Å²) in [6.07, 6.45) is 7.82. The Bertz CT molecular complexity index is 514. The molecule has 2 aliphatic heterocycles. The predicted molar refractivity (Wildman–Crippen MR) is 94.8 cm³/mol. The fourth-order valence-corrected chi connectivity index (χ4v) is 4.09. The van der Waals surface area contributed by atoms with Crippen LogP contribution in [0.2, 0.25) is 0 Å². The van der Waals surface area contributed by atoms with E-state index in [4.69, 9.17) is 4.52 Å². The van der Waals surface area contributed by atoms with Gasteiger partial charge in [-0.15, -0.1) is 0 Å². The lowest BCUT2D eigenvalue weighted by Gasteiger charge is -2.31. The quantitative estimate of drug-likeness (QED) is 0.769. The summed E-state index contributed by atoms with van der Waals surface area (Å²) in [6, 6.07) is 0.544. The van der Waals surface area contributed by atoms with E-state index < -0.39 is 0 Å². The number of rotatable bonds is 8. The van der Waals surface area contributed by atoms with Gasteiger partial charge in [0.2, 0.25) is 12.3 Å². The van der Waals surface area contributed by atoms with E-state index in [0.29, 0.717) is 18.4 Å². The first kappa shape index (κ1) is 18.3. The van der Waals surface area contributed by atoms with Gasteiger partial charge < -0.3 is 9.84 Å². The second kappa shape index (κ2) is 9.29. The molecule has 1 N–H and O–H groups in total. The minimum absolute atomic E-state index is 0.220. The molecule has 1 amide bonds. The molecule has 3 rings (SSSR count). The Labute approximate surface area is 150 Å². The first-order valence-corrected chi connectivity index (χ1v) is 9.73. The van der Waals surface area contributed by atoms with Crippen molar-refractivity contribution in [2.75, 3.05) is 32.7 Å². The molecule has 2 fully saturated rings. The topological polar surface area (TPSA) is 74.5 Å². The van der Waals surface area contributed by atoms with E-state index in [0.717, 1.165) is 57.8 Å². The standard InChI is InChI=1S/C18H31N5O2/c1-2-23-9-3-4-16(23)12-19-18(24)6-5-15-7-10-22(11-8-15)13-17-20-14-25-21-17/h14-16H,2-13H2,1H3,(H,19,24)/t16-/m0/s1. The number of amides is 1. The number of likely N-dealkylation sites (N-methyl/N-ethyl adjacent to an activating group) is 1. The van der Waals surface area contributed by atoms with Crippen LogP contribution < -0.4 is 5.32 Å². The number of likely N-dealkylation sites (tertiary alicyclic amines) is 2. The predicted octanol–water partition coefficient (Wildman–Crippen LogP) is 1.66. The van der Waals surface area contributed by atoms with E-state index in [9.17, 15) is 4.79 Å². The van der Waals surface area contributed by atoms with Crippen molar-refractivity contribution in [1.29, 1.82) is 0 Å². The minimum atomic E-state index is 0.220. The van der Waals surface area contributed by atoms with Crippen LogP contribution in [0.4, 0.5) is 0 Å². The summed E-state index contributed by atoms with van der Waals surface area (Å²) in [5.41, 5.74) is 0. The number of nitrogens with one attached hydrogen (secondary N) is 1. The molecule has 3 heterocycles. The lowest BCUT2D eigenvalue weighted by molar-refractivity contribution is -0.121. The van der Waals surface area contributed by atoms with Crippen LogP contribution in [-0.2, 0) is 11.3 Å². The fraction of sp³-hybridized carbons (Fsp3) is 0.833. The van der Waals surface area contributed by atoms with Crippen molar-refractivity contribution in [1.82, 2.24) is 25.3 Å². The zero-order valence-corrected chi connectivity index (χ0v) is 15.3. The lowest BCUT2D eigenvalue weighted by atomic mass is 9.92. The van der Waals surface area contributed by atoms with E-state index in [-0.39, 0.29) is 5.91 Å². The van der Waals surface area contributed by atoms with Gasteiger partial charge in [-0.1, -0.05) is 12.1 Å². The number of carbonyl (C=O) groups is 1. The molecule has 0 bridgehead atoms. The summed E-state index contributed by atoms with van der Waals surface area (Å²) in [7, 11) is 0. The highest BCUT2D eigenvalue weighted by Gasteiger charge is 2.24. The van der Waals surface area contributed by atoms with E-state index >= 15 is 0 Å². The highest BCUT2D eigenvalue weighted by Crippen LogP contribution is 2.22. The smallest absolute Gasteiger partial charge is 0.220 e. The molecule has 0 radical (unpaired) electrons. The third-order valence-corrected chi connectivity index (χ3v) is 5.70. The zero-order valence-electron chi connectivity index (χ0n) is 15.3. The Hall–Kier alpha value is -1.47. The number of nitrogens with zero attached hydrogens (tertiary/aromatic N) is 4. The second-order valence-electron chi connectivity index (χ2n) is 7.33. The summed E-state index contributed by atoms with van der Waals surface area (Å²) >= 11 is 0. The molecule has 0 aliphatic carbocycles. The third-order valence-electron chi connectivity index (χ3n) is 5.70. The van der Waals surface area contributed by atoms with E-state index in [2.05, 4.69) is 32.2 Å². The summed E-state index contributed by atoms with van der Waals surface area (Å²) < 4.78 is 4.78. The number of hydrogen-bond donors (Lipinski definition) is 1. The van der Waals surface area contributed by atoms with Crippen LogP contribution in [0.25, 0.3) is 0 Å². The fourth-order valence-electron chi connectivity index (χ4n) is 4.09. The second-order valence-corrected chi connectivity index (χ2v) is 7.33. The summed E-state index contributed by atoms with van der Waals surface area (Å²) in [5, 5.41) is 7.02. The number of piperidine rings is 1. The molecular weight excluding hydrogens is 318 g/mol. The molecule has 1 aromatic heterocycles. The molecule has 140 valence electrons. The van der Waals surface area contributed by atoms with Crippen LogP contribution in [-0.4, -0.2) is 64.6 Å². The van der Waals surface area contributed by atoms with Gasteiger partial charge in [0.15, 0.2) is 5.82 Å². The van der Waals surface area contributed by atoms with E-state index in [1.807, 2.05) is 0 Å². The molecule has 0 spiro atoms. The van der Waals surface area contributed by atoms with Crippen molar-refractivity contribution >= 4 is 5.91 Å². The van der Waals surface area contributed by atoms with Gasteiger partial charge in [-0.25, -0.2) is 0 Å².